The fourth-order valence-corrected chi connectivity index (χ4v) is 1.82. The number of nitrogens with one attached hydrogen (secondary N) is 1. The molecule has 0 aliphatic heterocycles. The molecule has 1 aromatic heterocycles. The first-order valence-electron chi connectivity index (χ1n) is 5.08. The van der Waals surface area contributed by atoms with Crippen molar-refractivity contribution in [2.75, 3.05) is 0 Å². The van der Waals surface area contributed by atoms with E-state index in [-0.39, 0.29) is 0 Å². The van der Waals surface area contributed by atoms with Gasteiger partial charge in [0.25, 0.3) is 0 Å². The number of hydrogen-bond acceptors (Lipinski definition) is 2. The summed E-state index contributed by atoms with van der Waals surface area (Å²) in [6.45, 7) is 3.97. The first kappa shape index (κ1) is 10.7. The Morgan fingerprint density at radius 2 is 2.00 bits per heavy atom. The SMILES string of the molecule is Cc1ccc(C)c2[nH]c(C(N)C(=O)O)cc12. The summed E-state index contributed by atoms with van der Waals surface area (Å²) in [6.07, 6.45) is 0. The molecule has 0 aliphatic carbocycles. The molecule has 0 saturated heterocycles. The predicted octanol–water partition coefficient (Wildman–Crippen LogP) is 1.87. The summed E-state index contributed by atoms with van der Waals surface area (Å²) >= 11 is 0. The van der Waals surface area contributed by atoms with Gasteiger partial charge in [0.15, 0.2) is 0 Å². The van der Waals surface area contributed by atoms with Gasteiger partial charge in [-0.2, -0.15) is 0 Å². The van der Waals surface area contributed by atoms with Gasteiger partial charge in [-0.05, 0) is 31.0 Å². The van der Waals surface area contributed by atoms with Crippen LogP contribution in [0.2, 0.25) is 0 Å². The van der Waals surface area contributed by atoms with Gasteiger partial charge in [-0.1, -0.05) is 12.1 Å². The minimum absolute atomic E-state index is 0.542. The molecule has 84 valence electrons. The highest BCUT2D eigenvalue weighted by molar-refractivity contribution is 5.88. The number of H-pyrrole nitrogens is 1. The fraction of sp³-hybridized carbons (Fsp3) is 0.250. The van der Waals surface area contributed by atoms with E-state index >= 15 is 0 Å². The number of carboxylic acids is 1. The van der Waals surface area contributed by atoms with Gasteiger partial charge in [0.05, 0.1) is 0 Å². The van der Waals surface area contributed by atoms with Gasteiger partial charge < -0.3 is 15.8 Å². The molecule has 1 unspecified atom stereocenters. The minimum Gasteiger partial charge on any atom is -0.480 e. The van der Waals surface area contributed by atoms with Crippen molar-refractivity contribution in [1.29, 1.82) is 0 Å². The number of hydrogen-bond donors (Lipinski definition) is 3. The summed E-state index contributed by atoms with van der Waals surface area (Å²) in [5.74, 6) is -1.03. The number of benzene rings is 1. The number of aromatic amines is 1. The number of nitrogens with two attached hydrogens (primary N) is 1. The molecule has 0 radical (unpaired) electrons. The first-order chi connectivity index (χ1) is 7.50. The van der Waals surface area contributed by atoms with Crippen molar-refractivity contribution < 1.29 is 9.90 Å². The minimum atomic E-state index is -1.03. The van der Waals surface area contributed by atoms with Crippen LogP contribution in [0.3, 0.4) is 0 Å². The number of carboxylic acid groups (broad SMARTS) is 1. The Hall–Kier alpha value is -1.81. The van der Waals surface area contributed by atoms with E-state index in [1.54, 1.807) is 0 Å². The Balaban J connectivity index is 2.64. The molecule has 1 aromatic carbocycles. The highest BCUT2D eigenvalue weighted by Gasteiger charge is 2.17. The maximum Gasteiger partial charge on any atom is 0.326 e. The molecule has 16 heavy (non-hydrogen) atoms. The van der Waals surface area contributed by atoms with Crippen LogP contribution in [0, 0.1) is 13.8 Å². The van der Waals surface area contributed by atoms with Crippen LogP contribution in [0.25, 0.3) is 10.9 Å². The lowest BCUT2D eigenvalue weighted by Crippen LogP contribution is -2.20. The van der Waals surface area contributed by atoms with E-state index in [0.29, 0.717) is 5.69 Å². The topological polar surface area (TPSA) is 79.1 Å². The number of rotatable bonds is 2. The van der Waals surface area contributed by atoms with Crippen molar-refractivity contribution in [3.05, 3.63) is 35.0 Å². The van der Waals surface area contributed by atoms with Crippen LogP contribution in [0.1, 0.15) is 22.9 Å². The summed E-state index contributed by atoms with van der Waals surface area (Å²) in [6, 6.07) is 4.84. The fourth-order valence-electron chi connectivity index (χ4n) is 1.82. The third kappa shape index (κ3) is 1.57. The van der Waals surface area contributed by atoms with Gasteiger partial charge in [0.2, 0.25) is 0 Å². The zero-order chi connectivity index (χ0) is 11.9. The van der Waals surface area contributed by atoms with E-state index in [2.05, 4.69) is 4.98 Å². The van der Waals surface area contributed by atoms with Crippen molar-refractivity contribution in [2.24, 2.45) is 5.73 Å². The Labute approximate surface area is 93.1 Å². The highest BCUT2D eigenvalue weighted by atomic mass is 16.4. The van der Waals surface area contributed by atoms with E-state index in [4.69, 9.17) is 10.8 Å². The third-order valence-electron chi connectivity index (χ3n) is 2.84. The molecule has 4 N–H and O–H groups in total. The average Bonchev–Trinajstić information content (AvgIpc) is 2.68. The van der Waals surface area contributed by atoms with Gasteiger partial charge >= 0.3 is 5.97 Å². The summed E-state index contributed by atoms with van der Waals surface area (Å²) in [4.78, 5) is 13.9. The highest BCUT2D eigenvalue weighted by Crippen LogP contribution is 2.24. The van der Waals surface area contributed by atoms with E-state index in [1.165, 1.54) is 0 Å². The zero-order valence-electron chi connectivity index (χ0n) is 9.24. The molecule has 1 atom stereocenters. The summed E-state index contributed by atoms with van der Waals surface area (Å²) < 4.78 is 0. The molecule has 0 bridgehead atoms. The Morgan fingerprint density at radius 1 is 1.38 bits per heavy atom. The predicted molar refractivity (Wildman–Crippen MR) is 62.3 cm³/mol. The molecular formula is C12H14N2O2. The second-order valence-electron chi connectivity index (χ2n) is 4.03. The standard InChI is InChI=1S/C12H14N2O2/c1-6-3-4-7(2)11-8(6)5-9(14-11)10(13)12(15)16/h3-5,10,14H,13H2,1-2H3,(H,15,16). The van der Waals surface area contributed by atoms with E-state index in [0.717, 1.165) is 22.0 Å². The molecule has 0 aliphatic rings. The van der Waals surface area contributed by atoms with Crippen LogP contribution in [-0.4, -0.2) is 16.1 Å². The van der Waals surface area contributed by atoms with Crippen molar-refractivity contribution in [3.8, 4) is 0 Å². The van der Waals surface area contributed by atoms with Crippen molar-refractivity contribution in [1.82, 2.24) is 4.98 Å². The second kappa shape index (κ2) is 3.64. The van der Waals surface area contributed by atoms with Crippen molar-refractivity contribution >= 4 is 16.9 Å². The molecule has 0 saturated carbocycles. The van der Waals surface area contributed by atoms with Crippen LogP contribution >= 0.6 is 0 Å². The molecule has 0 amide bonds. The van der Waals surface area contributed by atoms with Gasteiger partial charge in [0, 0.05) is 16.6 Å². The zero-order valence-corrected chi connectivity index (χ0v) is 9.24. The normalized spacial score (nSPS) is 12.9. The van der Waals surface area contributed by atoms with Crippen molar-refractivity contribution in [3.63, 3.8) is 0 Å². The molecule has 2 aromatic rings. The first-order valence-corrected chi connectivity index (χ1v) is 5.08. The van der Waals surface area contributed by atoms with Gasteiger partial charge in [0.1, 0.15) is 6.04 Å². The molecule has 4 heteroatoms. The smallest absolute Gasteiger partial charge is 0.326 e. The molecule has 2 rings (SSSR count). The van der Waals surface area contributed by atoms with Gasteiger partial charge in [-0.3, -0.25) is 4.79 Å². The lowest BCUT2D eigenvalue weighted by molar-refractivity contribution is -0.138. The monoisotopic (exact) mass is 218 g/mol. The molecule has 4 nitrogen and oxygen atoms in total. The number of aryl methyl sites for hydroxylation is 2. The number of aromatic nitrogens is 1. The largest absolute Gasteiger partial charge is 0.480 e. The van der Waals surface area contributed by atoms with Crippen LogP contribution in [0.15, 0.2) is 18.2 Å². The molecule has 1 heterocycles. The Bertz CT molecular complexity index is 518. The number of aliphatic carboxylic acids is 1. The summed E-state index contributed by atoms with van der Waals surface area (Å²) in [5.41, 5.74) is 9.28. The molecule has 0 spiro atoms. The molecule has 0 fully saturated rings. The van der Waals surface area contributed by atoms with E-state index in [1.807, 2.05) is 32.0 Å². The molecular weight excluding hydrogens is 204 g/mol. The lowest BCUT2D eigenvalue weighted by Gasteiger charge is -2.01. The number of fused-ring (bicyclic) bond motifs is 1. The van der Waals surface area contributed by atoms with E-state index < -0.39 is 12.0 Å². The maximum absolute atomic E-state index is 10.8. The van der Waals surface area contributed by atoms with Crippen LogP contribution in [0.5, 0.6) is 0 Å². The third-order valence-corrected chi connectivity index (χ3v) is 2.84. The van der Waals surface area contributed by atoms with Gasteiger partial charge in [-0.25, -0.2) is 0 Å². The van der Waals surface area contributed by atoms with Crippen molar-refractivity contribution in [2.45, 2.75) is 19.9 Å². The van der Waals surface area contributed by atoms with Crippen LogP contribution < -0.4 is 5.73 Å². The van der Waals surface area contributed by atoms with Crippen LogP contribution in [0.4, 0.5) is 0 Å². The Morgan fingerprint density at radius 3 is 2.56 bits per heavy atom. The quantitative estimate of drug-likeness (QED) is 0.720. The lowest BCUT2D eigenvalue weighted by atomic mass is 10.1. The number of carbonyl (C=O) groups is 1. The van der Waals surface area contributed by atoms with Gasteiger partial charge in [-0.15, -0.1) is 0 Å². The average molecular weight is 218 g/mol. The summed E-state index contributed by atoms with van der Waals surface area (Å²) in [7, 11) is 0. The summed E-state index contributed by atoms with van der Waals surface area (Å²) in [5, 5.41) is 9.89. The van der Waals surface area contributed by atoms with E-state index in [9.17, 15) is 4.79 Å². The van der Waals surface area contributed by atoms with Crippen LogP contribution in [-0.2, 0) is 4.79 Å². The Kier molecular flexibility index (Phi) is 2.44. The second-order valence-corrected chi connectivity index (χ2v) is 4.03. The maximum atomic E-state index is 10.8.